The molecule has 2 atom stereocenters. The fourth-order valence-electron chi connectivity index (χ4n) is 5.34. The number of hydroxylamine groups is 1. The highest BCUT2D eigenvalue weighted by atomic mass is 35.5. The molecule has 2 unspecified atom stereocenters. The quantitative estimate of drug-likeness (QED) is 0.0962. The van der Waals surface area contributed by atoms with Gasteiger partial charge in [0.2, 0.25) is 0 Å². The molecule has 9 heteroatoms. The van der Waals surface area contributed by atoms with Crippen LogP contribution in [0.1, 0.15) is 71.3 Å². The van der Waals surface area contributed by atoms with Crippen LogP contribution in [0.4, 0.5) is 0 Å². The predicted molar refractivity (Wildman–Crippen MR) is 178 cm³/mol. The van der Waals surface area contributed by atoms with Crippen molar-refractivity contribution in [1.29, 1.82) is 0 Å². The van der Waals surface area contributed by atoms with Gasteiger partial charge in [-0.15, -0.1) is 0 Å². The second-order valence-electron chi connectivity index (χ2n) is 11.3. The predicted octanol–water partition coefficient (Wildman–Crippen LogP) is 6.30. The van der Waals surface area contributed by atoms with Crippen LogP contribution in [0, 0.1) is 0 Å². The van der Waals surface area contributed by atoms with Crippen LogP contribution in [0.2, 0.25) is 5.02 Å². The van der Waals surface area contributed by atoms with Crippen LogP contribution in [0.3, 0.4) is 0 Å². The van der Waals surface area contributed by atoms with Gasteiger partial charge < -0.3 is 14.5 Å². The van der Waals surface area contributed by atoms with Crippen LogP contribution in [0.5, 0.6) is 0 Å². The average Bonchev–Trinajstić information content (AvgIpc) is 3.03. The Morgan fingerprint density at radius 1 is 1.16 bits per heavy atom. The number of allylic oxidation sites excluding steroid dienone is 1. The number of carbonyl (C=O) groups excluding carboxylic acids is 1. The van der Waals surface area contributed by atoms with Crippen LogP contribution in [-0.2, 0) is 14.4 Å². The number of halogens is 1. The zero-order chi connectivity index (χ0) is 30.9. The van der Waals surface area contributed by atoms with Gasteiger partial charge in [-0.05, 0) is 63.4 Å². The van der Waals surface area contributed by atoms with Crippen molar-refractivity contribution in [3.8, 4) is 0 Å². The maximum absolute atomic E-state index is 12.6. The molecule has 0 saturated carbocycles. The van der Waals surface area contributed by atoms with Crippen LogP contribution in [-0.4, -0.2) is 91.6 Å². The van der Waals surface area contributed by atoms with E-state index in [2.05, 4.69) is 69.9 Å². The highest BCUT2D eigenvalue weighted by Gasteiger charge is 2.25. The Kier molecular flexibility index (Phi) is 16.0. The van der Waals surface area contributed by atoms with Gasteiger partial charge in [-0.25, -0.2) is 15.3 Å². The largest absolute Gasteiger partial charge is 0.355 e. The lowest BCUT2D eigenvalue weighted by Gasteiger charge is -2.40. The molecule has 0 aliphatic carbocycles. The summed E-state index contributed by atoms with van der Waals surface area (Å²) in [4.78, 5) is 30.0. The minimum Gasteiger partial charge on any atom is -0.355 e. The van der Waals surface area contributed by atoms with Crippen molar-refractivity contribution in [2.45, 2.75) is 78.0 Å². The molecule has 2 aliphatic heterocycles. The number of unbranched alkanes of at least 4 members (excludes halogenated alkanes) is 2. The van der Waals surface area contributed by atoms with Gasteiger partial charge in [-0.1, -0.05) is 75.2 Å². The summed E-state index contributed by atoms with van der Waals surface area (Å²) in [5.41, 5.74) is 4.08. The summed E-state index contributed by atoms with van der Waals surface area (Å²) in [5, 5.41) is 0.752. The number of aliphatic imine (C=N–C) groups is 1. The second kappa shape index (κ2) is 19.7. The van der Waals surface area contributed by atoms with Crippen LogP contribution >= 0.6 is 11.6 Å². The lowest BCUT2D eigenvalue weighted by Crippen LogP contribution is -2.52. The van der Waals surface area contributed by atoms with Crippen molar-refractivity contribution in [3.63, 3.8) is 0 Å². The zero-order valence-corrected chi connectivity index (χ0v) is 27.2. The Morgan fingerprint density at radius 2 is 1.93 bits per heavy atom. The fraction of sp³-hybridized carbons (Fsp3) is 0.588. The maximum atomic E-state index is 12.6. The standard InChI is InChI=1S/C34H52ClN5O3/c1-5-8-10-20-38(19-6-2)27-32(18-15-29-13-16-31(35)17-14-29)40-23-21-39(22-24-40)28(4)36-26-30(7-3)34(41)37-43-33-12-9-11-25-42-33/h7,13-18,26,32-33H,4-6,8-12,19-25,27H2,1-3H3,(H,37,41)/b18-15+,30-7+,36-26-. The van der Waals surface area contributed by atoms with Gasteiger partial charge >= 0.3 is 0 Å². The molecule has 2 heterocycles. The molecule has 1 aromatic carbocycles. The number of benzene rings is 1. The number of carbonyl (C=O) groups is 1. The fourth-order valence-corrected chi connectivity index (χ4v) is 5.46. The van der Waals surface area contributed by atoms with Gasteiger partial charge in [-0.3, -0.25) is 9.69 Å². The van der Waals surface area contributed by atoms with Crippen molar-refractivity contribution in [1.82, 2.24) is 20.2 Å². The summed E-state index contributed by atoms with van der Waals surface area (Å²) < 4.78 is 5.52. The lowest BCUT2D eigenvalue weighted by molar-refractivity contribution is -0.198. The summed E-state index contributed by atoms with van der Waals surface area (Å²) in [6.45, 7) is 17.9. The molecular formula is C34H52ClN5O3. The Labute approximate surface area is 264 Å². The number of nitrogens with zero attached hydrogens (tertiary/aromatic N) is 4. The smallest absolute Gasteiger partial charge is 0.276 e. The van der Waals surface area contributed by atoms with Gasteiger partial charge in [0.15, 0.2) is 6.29 Å². The Balaban J connectivity index is 1.57. The topological polar surface area (TPSA) is 69.6 Å². The number of amides is 1. The molecule has 238 valence electrons. The monoisotopic (exact) mass is 613 g/mol. The normalized spacial score (nSPS) is 19.4. The van der Waals surface area contributed by atoms with Crippen LogP contribution in [0.15, 0.2) is 59.4 Å². The first-order valence-corrected chi connectivity index (χ1v) is 16.4. The SMILES string of the molecule is C=C(/N=C\C(=C/C)C(=O)NOC1CCCCO1)N1CCN(C(/C=C/c2ccc(Cl)cc2)CN(CCC)CCCCC)CC1. The van der Waals surface area contributed by atoms with Crippen molar-refractivity contribution in [2.75, 3.05) is 52.4 Å². The Hall–Kier alpha value is -2.49. The Bertz CT molecular complexity index is 1060. The van der Waals surface area contributed by atoms with Gasteiger partial charge in [0, 0.05) is 63.0 Å². The summed E-state index contributed by atoms with van der Waals surface area (Å²) >= 11 is 6.11. The summed E-state index contributed by atoms with van der Waals surface area (Å²) in [6, 6.07) is 8.31. The molecule has 0 spiro atoms. The highest BCUT2D eigenvalue weighted by Crippen LogP contribution is 2.17. The molecule has 2 aliphatic rings. The molecule has 2 saturated heterocycles. The van der Waals surface area contributed by atoms with Crippen molar-refractivity contribution in [3.05, 3.63) is 65.0 Å². The second-order valence-corrected chi connectivity index (χ2v) is 11.7. The number of piperazine rings is 1. The molecule has 0 aromatic heterocycles. The third-order valence-electron chi connectivity index (χ3n) is 7.94. The van der Waals surface area contributed by atoms with E-state index >= 15 is 0 Å². The first-order valence-electron chi connectivity index (χ1n) is 16.1. The van der Waals surface area contributed by atoms with Gasteiger partial charge in [0.1, 0.15) is 5.82 Å². The van der Waals surface area contributed by atoms with E-state index in [1.54, 1.807) is 19.2 Å². The molecule has 1 aromatic rings. The molecular weight excluding hydrogens is 562 g/mol. The van der Waals surface area contributed by atoms with Gasteiger partial charge in [0.25, 0.3) is 5.91 Å². The maximum Gasteiger partial charge on any atom is 0.276 e. The number of hydrogen-bond acceptors (Lipinski definition) is 7. The summed E-state index contributed by atoms with van der Waals surface area (Å²) in [7, 11) is 0. The van der Waals surface area contributed by atoms with Crippen molar-refractivity contribution in [2.24, 2.45) is 4.99 Å². The van der Waals surface area contributed by atoms with E-state index in [4.69, 9.17) is 21.2 Å². The molecule has 0 radical (unpaired) electrons. The Morgan fingerprint density at radius 3 is 2.58 bits per heavy atom. The van der Waals surface area contributed by atoms with E-state index in [1.165, 1.54) is 19.3 Å². The third-order valence-corrected chi connectivity index (χ3v) is 8.19. The minimum atomic E-state index is -0.394. The number of hydrogen-bond donors (Lipinski definition) is 1. The molecule has 0 bridgehead atoms. The van der Waals surface area contributed by atoms with Crippen LogP contribution in [0.25, 0.3) is 6.08 Å². The van der Waals surface area contributed by atoms with E-state index in [0.29, 0.717) is 24.0 Å². The minimum absolute atomic E-state index is 0.300. The molecule has 3 rings (SSSR count). The van der Waals surface area contributed by atoms with E-state index in [9.17, 15) is 4.79 Å². The lowest BCUT2D eigenvalue weighted by atomic mass is 10.1. The molecule has 2 fully saturated rings. The summed E-state index contributed by atoms with van der Waals surface area (Å²) in [5.74, 6) is 0.313. The third kappa shape index (κ3) is 12.6. The average molecular weight is 614 g/mol. The van der Waals surface area contributed by atoms with Crippen molar-refractivity contribution >= 4 is 29.8 Å². The molecule has 1 N–H and O–H groups in total. The van der Waals surface area contributed by atoms with E-state index < -0.39 is 6.29 Å². The van der Waals surface area contributed by atoms with Crippen molar-refractivity contribution < 1.29 is 14.4 Å². The molecule has 1 amide bonds. The van der Waals surface area contributed by atoms with Gasteiger partial charge in [0.05, 0.1) is 5.57 Å². The molecule has 43 heavy (non-hydrogen) atoms. The summed E-state index contributed by atoms with van der Waals surface area (Å²) in [6.07, 6.45) is 15.2. The van der Waals surface area contributed by atoms with E-state index in [-0.39, 0.29) is 5.91 Å². The van der Waals surface area contributed by atoms with Crippen LogP contribution < -0.4 is 5.48 Å². The van der Waals surface area contributed by atoms with Gasteiger partial charge in [-0.2, -0.15) is 0 Å². The zero-order valence-electron chi connectivity index (χ0n) is 26.5. The number of nitrogens with one attached hydrogen (secondary N) is 1. The number of ether oxygens (including phenoxy) is 1. The first kappa shape index (κ1) is 35.0. The first-order chi connectivity index (χ1) is 20.9. The highest BCUT2D eigenvalue weighted by molar-refractivity contribution is 6.30. The van der Waals surface area contributed by atoms with E-state index in [0.717, 1.165) is 82.1 Å². The van der Waals surface area contributed by atoms with E-state index in [1.807, 2.05) is 12.1 Å². The number of rotatable bonds is 17. The molecule has 8 nitrogen and oxygen atoms in total.